The van der Waals surface area contributed by atoms with Gasteiger partial charge in [-0.15, -0.1) is 0 Å². The second-order valence-electron chi connectivity index (χ2n) is 7.72. The number of thioether (sulfide) groups is 2. The van der Waals surface area contributed by atoms with Gasteiger partial charge < -0.3 is 0 Å². The Balaban J connectivity index is 1.71. The molecule has 2 aliphatic rings. The van der Waals surface area contributed by atoms with Crippen LogP contribution in [0.1, 0.15) is 55.1 Å². The zero-order valence-electron chi connectivity index (χ0n) is 14.9. The van der Waals surface area contributed by atoms with Crippen molar-refractivity contribution in [3.05, 3.63) is 69.0 Å². The third-order valence-electron chi connectivity index (χ3n) is 4.87. The van der Waals surface area contributed by atoms with E-state index in [9.17, 15) is 4.79 Å². The zero-order valence-corrected chi connectivity index (χ0v) is 16.5. The molecule has 0 amide bonds. The van der Waals surface area contributed by atoms with Crippen LogP contribution in [-0.2, 0) is 11.8 Å². The van der Waals surface area contributed by atoms with Gasteiger partial charge in [0.25, 0.3) is 0 Å². The number of Topliss-reactive ketones (excluding diaryl/α,β-unsaturated/α-hetero) is 1. The smallest absolute Gasteiger partial charge is 0.190 e. The Labute approximate surface area is 158 Å². The number of aryl methyl sites for hydroxylation is 1. The first kappa shape index (κ1) is 17.0. The van der Waals surface area contributed by atoms with Crippen LogP contribution in [0, 0.1) is 0 Å². The van der Waals surface area contributed by atoms with Crippen molar-refractivity contribution in [1.82, 2.24) is 0 Å². The Bertz CT molecular complexity index is 887. The second-order valence-corrected chi connectivity index (χ2v) is 10.1. The topological polar surface area (TPSA) is 17.1 Å². The van der Waals surface area contributed by atoms with Crippen molar-refractivity contribution in [3.63, 3.8) is 0 Å². The van der Waals surface area contributed by atoms with E-state index < -0.39 is 0 Å². The summed E-state index contributed by atoms with van der Waals surface area (Å²) >= 11 is 3.55. The van der Waals surface area contributed by atoms with E-state index in [4.69, 9.17) is 0 Å². The predicted octanol–water partition coefficient (Wildman–Crippen LogP) is 6.61. The molecule has 3 heteroatoms. The van der Waals surface area contributed by atoms with Crippen molar-refractivity contribution in [2.24, 2.45) is 0 Å². The van der Waals surface area contributed by atoms with E-state index in [1.54, 1.807) is 23.5 Å². The van der Waals surface area contributed by atoms with Crippen LogP contribution in [0.15, 0.2) is 62.1 Å². The number of ketones is 1. The summed E-state index contributed by atoms with van der Waals surface area (Å²) in [7, 11) is 0. The minimum absolute atomic E-state index is 0.146. The molecule has 0 saturated heterocycles. The molecule has 2 aromatic carbocycles. The number of hydrogen-bond donors (Lipinski definition) is 0. The van der Waals surface area contributed by atoms with Crippen LogP contribution in [-0.4, -0.2) is 5.78 Å². The fourth-order valence-electron chi connectivity index (χ4n) is 3.37. The van der Waals surface area contributed by atoms with E-state index in [0.717, 1.165) is 30.4 Å². The van der Waals surface area contributed by atoms with Gasteiger partial charge in [-0.1, -0.05) is 74.6 Å². The van der Waals surface area contributed by atoms with Gasteiger partial charge in [0.15, 0.2) is 5.78 Å². The molecule has 0 atom stereocenters. The number of rotatable bonds is 0. The van der Waals surface area contributed by atoms with Crippen molar-refractivity contribution < 1.29 is 4.79 Å². The molecule has 0 radical (unpaired) electrons. The molecule has 1 aliphatic carbocycles. The van der Waals surface area contributed by atoms with Crippen molar-refractivity contribution in [2.45, 2.75) is 55.2 Å². The lowest BCUT2D eigenvalue weighted by Gasteiger charge is -2.19. The summed E-state index contributed by atoms with van der Waals surface area (Å²) in [5.41, 5.74) is 4.60. The molecule has 0 saturated carbocycles. The third-order valence-corrected chi connectivity index (χ3v) is 7.50. The van der Waals surface area contributed by atoms with Crippen LogP contribution < -0.4 is 0 Å². The molecule has 2 aromatic rings. The summed E-state index contributed by atoms with van der Waals surface area (Å²) in [5, 5.41) is 0. The first-order valence-electron chi connectivity index (χ1n) is 8.79. The summed E-state index contributed by atoms with van der Waals surface area (Å²) in [6, 6.07) is 14.8. The van der Waals surface area contributed by atoms with Gasteiger partial charge in [-0.2, -0.15) is 0 Å². The molecule has 0 unspecified atom stereocenters. The van der Waals surface area contributed by atoms with E-state index in [0.29, 0.717) is 0 Å². The summed E-state index contributed by atoms with van der Waals surface area (Å²) in [4.78, 5) is 15.7. The fourth-order valence-corrected chi connectivity index (χ4v) is 6.01. The monoisotopic (exact) mass is 366 g/mol. The summed E-state index contributed by atoms with van der Waals surface area (Å²) in [6.45, 7) is 6.73. The Morgan fingerprint density at radius 2 is 1.68 bits per heavy atom. The highest BCUT2D eigenvalue weighted by molar-refractivity contribution is 8.24. The summed E-state index contributed by atoms with van der Waals surface area (Å²) in [5.74, 6) is 0.229. The van der Waals surface area contributed by atoms with E-state index in [2.05, 4.69) is 45.0 Å². The van der Waals surface area contributed by atoms with Gasteiger partial charge in [-0.25, -0.2) is 0 Å². The maximum Gasteiger partial charge on any atom is 0.190 e. The van der Waals surface area contributed by atoms with E-state index >= 15 is 0 Å². The number of fused-ring (bicyclic) bond motifs is 2. The third kappa shape index (κ3) is 3.20. The van der Waals surface area contributed by atoms with Gasteiger partial charge in [-0.3, -0.25) is 4.79 Å². The van der Waals surface area contributed by atoms with Crippen LogP contribution in [0.4, 0.5) is 0 Å². The molecular formula is C22H22OS2. The minimum atomic E-state index is 0.146. The van der Waals surface area contributed by atoms with Crippen molar-refractivity contribution in [2.75, 3.05) is 0 Å². The van der Waals surface area contributed by atoms with E-state index in [1.807, 2.05) is 18.2 Å². The molecule has 128 valence electrons. The Hall–Kier alpha value is -1.45. The molecule has 0 bridgehead atoms. The predicted molar refractivity (Wildman–Crippen MR) is 108 cm³/mol. The van der Waals surface area contributed by atoms with Gasteiger partial charge >= 0.3 is 0 Å². The average molecular weight is 367 g/mol. The maximum atomic E-state index is 13.1. The number of allylic oxidation sites excluding steroid dienone is 1. The van der Waals surface area contributed by atoms with Crippen molar-refractivity contribution in [3.8, 4) is 0 Å². The average Bonchev–Trinajstić information content (AvgIpc) is 2.93. The van der Waals surface area contributed by atoms with Gasteiger partial charge in [-0.05, 0) is 47.9 Å². The maximum absolute atomic E-state index is 13.1. The molecular weight excluding hydrogens is 344 g/mol. The van der Waals surface area contributed by atoms with Gasteiger partial charge in [0.05, 0.1) is 4.24 Å². The van der Waals surface area contributed by atoms with Gasteiger partial charge in [0.2, 0.25) is 0 Å². The highest BCUT2D eigenvalue weighted by Crippen LogP contribution is 2.54. The summed E-state index contributed by atoms with van der Waals surface area (Å²) < 4.78 is 1.18. The highest BCUT2D eigenvalue weighted by Gasteiger charge is 2.28. The zero-order chi connectivity index (χ0) is 17.6. The highest BCUT2D eigenvalue weighted by atomic mass is 32.2. The fraction of sp³-hybridized carbons (Fsp3) is 0.318. The molecule has 25 heavy (non-hydrogen) atoms. The normalized spacial score (nSPS) is 20.2. The van der Waals surface area contributed by atoms with Crippen molar-refractivity contribution in [1.29, 1.82) is 0 Å². The minimum Gasteiger partial charge on any atom is -0.289 e. The second kappa shape index (κ2) is 6.37. The Morgan fingerprint density at radius 1 is 0.920 bits per heavy atom. The first-order chi connectivity index (χ1) is 11.9. The SMILES string of the molecule is CC(C)(C)c1ccc2c(c1)S/C(=C1\CCCc3ccccc3C1=O)S2. The number of hydrogen-bond acceptors (Lipinski definition) is 3. The van der Waals surface area contributed by atoms with Gasteiger partial charge in [0.1, 0.15) is 0 Å². The summed E-state index contributed by atoms with van der Waals surface area (Å²) in [6.07, 6.45) is 2.92. The van der Waals surface area contributed by atoms with E-state index in [1.165, 1.54) is 25.2 Å². The standard InChI is InChI=1S/C22H22OS2/c1-22(2,3)15-11-12-18-19(13-15)25-21(24-18)17-10-6-8-14-7-4-5-9-16(14)20(17)23/h4-5,7,9,11-13H,6,8,10H2,1-3H3/b21-17+. The number of carbonyl (C=O) groups is 1. The lowest BCUT2D eigenvalue weighted by Crippen LogP contribution is -2.10. The molecule has 0 spiro atoms. The quantitative estimate of drug-likeness (QED) is 0.385. The molecule has 0 fully saturated rings. The lowest BCUT2D eigenvalue weighted by atomic mass is 9.87. The van der Waals surface area contributed by atoms with Crippen LogP contribution >= 0.6 is 23.5 Å². The van der Waals surface area contributed by atoms with Crippen LogP contribution in [0.2, 0.25) is 0 Å². The van der Waals surface area contributed by atoms with Crippen LogP contribution in [0.25, 0.3) is 0 Å². The first-order valence-corrected chi connectivity index (χ1v) is 10.4. The van der Waals surface area contributed by atoms with Crippen LogP contribution in [0.5, 0.6) is 0 Å². The molecule has 0 aromatic heterocycles. The Morgan fingerprint density at radius 3 is 2.48 bits per heavy atom. The number of carbonyl (C=O) groups excluding carboxylic acids is 1. The molecule has 1 nitrogen and oxygen atoms in total. The van der Waals surface area contributed by atoms with E-state index in [-0.39, 0.29) is 11.2 Å². The molecule has 1 heterocycles. The van der Waals surface area contributed by atoms with Gasteiger partial charge in [0, 0.05) is 20.9 Å². The Kier molecular flexibility index (Phi) is 4.33. The molecule has 4 rings (SSSR count). The molecule has 1 aliphatic heterocycles. The van der Waals surface area contributed by atoms with Crippen molar-refractivity contribution >= 4 is 29.3 Å². The molecule has 0 N–H and O–H groups in total. The number of benzene rings is 2. The van der Waals surface area contributed by atoms with Crippen LogP contribution in [0.3, 0.4) is 0 Å². The largest absolute Gasteiger partial charge is 0.289 e. The lowest BCUT2D eigenvalue weighted by molar-refractivity contribution is 0.103.